The van der Waals surface area contributed by atoms with Gasteiger partial charge in [-0.05, 0) is 19.4 Å². The monoisotopic (exact) mass is 254 g/mol. The van der Waals surface area contributed by atoms with Gasteiger partial charge in [0.25, 0.3) is 0 Å². The van der Waals surface area contributed by atoms with E-state index in [0.717, 1.165) is 0 Å². The van der Waals surface area contributed by atoms with Crippen LogP contribution in [0.5, 0.6) is 0 Å². The summed E-state index contributed by atoms with van der Waals surface area (Å²) in [7, 11) is -4.46. The molecule has 0 aliphatic carbocycles. The van der Waals surface area contributed by atoms with Crippen LogP contribution in [0.1, 0.15) is 12.8 Å². The molecule has 1 unspecified atom stereocenters. The molecule has 0 rings (SSSR count). The number of hydrogen-bond donors (Lipinski definition) is 5. The van der Waals surface area contributed by atoms with E-state index in [1.165, 1.54) is 0 Å². The summed E-state index contributed by atoms with van der Waals surface area (Å²) in [6.45, 7) is 0.276. The minimum Gasteiger partial charge on any atom is -0.480 e. The van der Waals surface area contributed by atoms with Crippen molar-refractivity contribution in [3.05, 3.63) is 0 Å². The Morgan fingerprint density at radius 2 is 1.94 bits per heavy atom. The molecule has 0 aromatic rings. The number of carboxylic acid groups (broad SMARTS) is 1. The maximum absolute atomic E-state index is 11.0. The summed E-state index contributed by atoms with van der Waals surface area (Å²) in [5.41, 5.74) is 5.18. The second-order valence-electron chi connectivity index (χ2n) is 3.21. The molecule has 8 nitrogen and oxygen atoms in total. The summed E-state index contributed by atoms with van der Waals surface area (Å²) >= 11 is 0. The summed E-state index contributed by atoms with van der Waals surface area (Å²) < 4.78 is 10.5. The Morgan fingerprint density at radius 3 is 2.31 bits per heavy atom. The molecule has 94 valence electrons. The van der Waals surface area contributed by atoms with Gasteiger partial charge in [0, 0.05) is 0 Å². The van der Waals surface area contributed by atoms with Crippen molar-refractivity contribution in [3.8, 4) is 0 Å². The van der Waals surface area contributed by atoms with Crippen LogP contribution in [-0.2, 0) is 14.2 Å². The molecule has 0 radical (unpaired) electrons. The van der Waals surface area contributed by atoms with E-state index >= 15 is 0 Å². The molecule has 0 spiro atoms. The average molecular weight is 254 g/mol. The minimum absolute atomic E-state index is 0.124. The maximum atomic E-state index is 11.0. The SMILES string of the molecule is NCCCC(NC(=O)CP(=O)(O)O)C(=O)O. The van der Waals surface area contributed by atoms with Crippen molar-refractivity contribution in [1.29, 1.82) is 0 Å². The highest BCUT2D eigenvalue weighted by molar-refractivity contribution is 7.52. The molecule has 6 N–H and O–H groups in total. The number of nitrogens with two attached hydrogens (primary N) is 1. The van der Waals surface area contributed by atoms with E-state index in [0.29, 0.717) is 6.42 Å². The van der Waals surface area contributed by atoms with E-state index in [-0.39, 0.29) is 13.0 Å². The molecule has 9 heteroatoms. The van der Waals surface area contributed by atoms with Gasteiger partial charge in [0.2, 0.25) is 5.91 Å². The quantitative estimate of drug-likeness (QED) is 0.346. The molecule has 0 aromatic heterocycles. The average Bonchev–Trinajstić information content (AvgIpc) is 2.08. The van der Waals surface area contributed by atoms with Gasteiger partial charge in [-0.1, -0.05) is 0 Å². The highest BCUT2D eigenvalue weighted by atomic mass is 31.2. The topological polar surface area (TPSA) is 150 Å². The van der Waals surface area contributed by atoms with Crippen LogP contribution in [-0.4, -0.2) is 45.5 Å². The molecule has 0 fully saturated rings. The van der Waals surface area contributed by atoms with E-state index in [4.69, 9.17) is 20.6 Å². The van der Waals surface area contributed by atoms with Gasteiger partial charge in [0.1, 0.15) is 12.2 Å². The number of carboxylic acids is 1. The first kappa shape index (κ1) is 15.0. The van der Waals surface area contributed by atoms with Crippen molar-refractivity contribution >= 4 is 19.5 Å². The molecular weight excluding hydrogens is 239 g/mol. The highest BCUT2D eigenvalue weighted by Crippen LogP contribution is 2.33. The summed E-state index contributed by atoms with van der Waals surface area (Å²) in [5.74, 6) is -2.25. The molecule has 0 saturated heterocycles. The number of amides is 1. The second kappa shape index (κ2) is 6.59. The van der Waals surface area contributed by atoms with Crippen molar-refractivity contribution in [3.63, 3.8) is 0 Å². The fourth-order valence-corrected chi connectivity index (χ4v) is 1.47. The van der Waals surface area contributed by atoms with E-state index in [9.17, 15) is 14.2 Å². The fourth-order valence-electron chi connectivity index (χ4n) is 1.01. The maximum Gasteiger partial charge on any atom is 0.334 e. The standard InChI is InChI=1S/C7H15N2O6P/c8-3-1-2-5(7(11)12)9-6(10)4-16(13,14)15/h5H,1-4,8H2,(H,9,10)(H,11,12)(H2,13,14,15). The van der Waals surface area contributed by atoms with Gasteiger partial charge in [-0.3, -0.25) is 9.36 Å². The zero-order chi connectivity index (χ0) is 12.8. The smallest absolute Gasteiger partial charge is 0.334 e. The van der Waals surface area contributed by atoms with Crippen LogP contribution in [0.3, 0.4) is 0 Å². The van der Waals surface area contributed by atoms with Crippen LogP contribution in [0.15, 0.2) is 0 Å². The number of hydrogen-bond acceptors (Lipinski definition) is 4. The zero-order valence-electron chi connectivity index (χ0n) is 8.50. The lowest BCUT2D eigenvalue weighted by Crippen LogP contribution is -2.42. The van der Waals surface area contributed by atoms with Crippen LogP contribution in [0, 0.1) is 0 Å². The Balaban J connectivity index is 4.24. The fraction of sp³-hybridized carbons (Fsp3) is 0.714. The van der Waals surface area contributed by atoms with Crippen LogP contribution in [0.4, 0.5) is 0 Å². The molecule has 16 heavy (non-hydrogen) atoms. The van der Waals surface area contributed by atoms with Gasteiger partial charge in [-0.2, -0.15) is 0 Å². The normalized spacial score (nSPS) is 13.2. The van der Waals surface area contributed by atoms with Gasteiger partial charge in [0.05, 0.1) is 0 Å². The molecule has 0 heterocycles. The Kier molecular flexibility index (Phi) is 6.20. The summed E-state index contributed by atoms with van der Waals surface area (Å²) in [6, 6.07) is -1.16. The molecule has 0 aliphatic heterocycles. The number of carbonyl (C=O) groups is 2. The van der Waals surface area contributed by atoms with E-state index in [1.807, 2.05) is 5.32 Å². The van der Waals surface area contributed by atoms with E-state index < -0.39 is 31.7 Å². The number of nitrogens with one attached hydrogen (secondary N) is 1. The van der Waals surface area contributed by atoms with E-state index in [2.05, 4.69) is 0 Å². The van der Waals surface area contributed by atoms with Crippen LogP contribution < -0.4 is 11.1 Å². The zero-order valence-corrected chi connectivity index (χ0v) is 9.39. The van der Waals surface area contributed by atoms with Crippen LogP contribution in [0.2, 0.25) is 0 Å². The largest absolute Gasteiger partial charge is 0.480 e. The van der Waals surface area contributed by atoms with Crippen molar-refractivity contribution in [1.82, 2.24) is 5.32 Å². The number of carbonyl (C=O) groups excluding carboxylic acids is 1. The van der Waals surface area contributed by atoms with Crippen molar-refractivity contribution in [2.45, 2.75) is 18.9 Å². The first-order valence-electron chi connectivity index (χ1n) is 4.53. The van der Waals surface area contributed by atoms with Gasteiger partial charge in [0.15, 0.2) is 0 Å². The Bertz CT molecular complexity index is 301. The predicted octanol–water partition coefficient (Wildman–Crippen LogP) is -1.53. The second-order valence-corrected chi connectivity index (χ2v) is 4.86. The third-order valence-corrected chi connectivity index (χ3v) is 2.38. The summed E-state index contributed by atoms with van der Waals surface area (Å²) in [5, 5.41) is 10.7. The van der Waals surface area contributed by atoms with Gasteiger partial charge in [-0.15, -0.1) is 0 Å². The van der Waals surface area contributed by atoms with Gasteiger partial charge in [-0.25, -0.2) is 4.79 Å². The summed E-state index contributed by atoms with van der Waals surface area (Å²) in [4.78, 5) is 38.7. The molecule has 1 amide bonds. The van der Waals surface area contributed by atoms with Gasteiger partial charge < -0.3 is 25.9 Å². The van der Waals surface area contributed by atoms with Crippen LogP contribution >= 0.6 is 7.60 Å². The Morgan fingerprint density at radius 1 is 1.38 bits per heavy atom. The minimum atomic E-state index is -4.46. The van der Waals surface area contributed by atoms with Crippen LogP contribution in [0.25, 0.3) is 0 Å². The van der Waals surface area contributed by atoms with E-state index in [1.54, 1.807) is 0 Å². The number of rotatable bonds is 7. The molecular formula is C7H15N2O6P. The predicted molar refractivity (Wildman–Crippen MR) is 54.8 cm³/mol. The lowest BCUT2D eigenvalue weighted by molar-refractivity contribution is -0.141. The first-order chi connectivity index (χ1) is 7.26. The molecule has 0 aliphatic rings. The summed E-state index contributed by atoms with van der Waals surface area (Å²) in [6.07, 6.45) is -0.495. The molecule has 1 atom stereocenters. The third kappa shape index (κ3) is 7.36. The van der Waals surface area contributed by atoms with Crippen molar-refractivity contribution in [2.24, 2.45) is 5.73 Å². The number of aliphatic carboxylic acids is 1. The lowest BCUT2D eigenvalue weighted by Gasteiger charge is -2.14. The lowest BCUT2D eigenvalue weighted by atomic mass is 10.1. The van der Waals surface area contributed by atoms with Gasteiger partial charge >= 0.3 is 13.6 Å². The first-order valence-corrected chi connectivity index (χ1v) is 6.33. The molecule has 0 bridgehead atoms. The Hall–Kier alpha value is -0.950. The molecule has 0 saturated carbocycles. The molecule has 0 aromatic carbocycles. The van der Waals surface area contributed by atoms with Crippen molar-refractivity contribution < 1.29 is 29.0 Å². The van der Waals surface area contributed by atoms with Crippen molar-refractivity contribution in [2.75, 3.05) is 12.7 Å². The Labute approximate surface area is 92.0 Å². The highest BCUT2D eigenvalue weighted by Gasteiger charge is 2.24. The third-order valence-electron chi connectivity index (χ3n) is 1.68.